The van der Waals surface area contributed by atoms with E-state index in [4.69, 9.17) is 9.47 Å². The summed E-state index contributed by atoms with van der Waals surface area (Å²) in [6.45, 7) is 8.67. The number of hydrogen-bond donors (Lipinski definition) is 0. The Labute approximate surface area is 149 Å². The molecule has 6 nitrogen and oxygen atoms in total. The average Bonchev–Trinajstić information content (AvgIpc) is 3.02. The van der Waals surface area contributed by atoms with Gasteiger partial charge in [-0.15, -0.1) is 0 Å². The molecule has 2 aromatic rings. The van der Waals surface area contributed by atoms with Gasteiger partial charge >= 0.3 is 0 Å². The van der Waals surface area contributed by atoms with Crippen LogP contribution in [0.5, 0.6) is 11.5 Å². The van der Waals surface area contributed by atoms with Gasteiger partial charge in [0.25, 0.3) is 0 Å². The van der Waals surface area contributed by atoms with Crippen molar-refractivity contribution in [2.75, 3.05) is 32.8 Å². The summed E-state index contributed by atoms with van der Waals surface area (Å²) >= 11 is 0. The first kappa shape index (κ1) is 16.4. The summed E-state index contributed by atoms with van der Waals surface area (Å²) in [6.07, 6.45) is 3.89. The van der Waals surface area contributed by atoms with Crippen LogP contribution in [0.2, 0.25) is 0 Å². The largest absolute Gasteiger partial charge is 0.486 e. The molecule has 2 aliphatic heterocycles. The Morgan fingerprint density at radius 3 is 2.72 bits per heavy atom. The maximum atomic E-state index is 5.70. The van der Waals surface area contributed by atoms with E-state index in [9.17, 15) is 0 Å². The van der Waals surface area contributed by atoms with Crippen LogP contribution in [-0.2, 0) is 20.1 Å². The molecule has 1 saturated heterocycles. The fourth-order valence-corrected chi connectivity index (χ4v) is 3.62. The van der Waals surface area contributed by atoms with Crippen molar-refractivity contribution in [3.05, 3.63) is 42.0 Å². The number of ether oxygens (including phenoxy) is 2. The highest BCUT2D eigenvalue weighted by Gasteiger charge is 2.25. The Morgan fingerprint density at radius 2 is 1.96 bits per heavy atom. The first-order valence-electron chi connectivity index (χ1n) is 9.00. The summed E-state index contributed by atoms with van der Waals surface area (Å²) in [6, 6.07) is 6.82. The Balaban J connectivity index is 1.35. The van der Waals surface area contributed by atoms with Crippen molar-refractivity contribution in [1.29, 1.82) is 0 Å². The molecule has 1 aromatic carbocycles. The predicted molar refractivity (Wildman–Crippen MR) is 95.8 cm³/mol. The van der Waals surface area contributed by atoms with Gasteiger partial charge < -0.3 is 14.0 Å². The molecule has 0 bridgehead atoms. The van der Waals surface area contributed by atoms with Crippen LogP contribution < -0.4 is 9.47 Å². The van der Waals surface area contributed by atoms with E-state index >= 15 is 0 Å². The predicted octanol–water partition coefficient (Wildman–Crippen LogP) is 1.90. The van der Waals surface area contributed by atoms with Crippen molar-refractivity contribution >= 4 is 0 Å². The number of nitrogens with zero attached hydrogens (tertiary/aromatic N) is 4. The number of benzene rings is 1. The maximum absolute atomic E-state index is 5.70. The molecule has 1 unspecified atom stereocenters. The van der Waals surface area contributed by atoms with Gasteiger partial charge in [-0.2, -0.15) is 0 Å². The molecule has 0 saturated carbocycles. The summed E-state index contributed by atoms with van der Waals surface area (Å²) < 4.78 is 13.4. The van der Waals surface area contributed by atoms with Crippen LogP contribution in [0.1, 0.15) is 18.3 Å². The van der Waals surface area contributed by atoms with Crippen LogP contribution in [0.15, 0.2) is 30.6 Å². The van der Waals surface area contributed by atoms with Gasteiger partial charge in [0, 0.05) is 51.7 Å². The first-order valence-corrected chi connectivity index (χ1v) is 9.00. The number of piperazine rings is 1. The molecule has 0 radical (unpaired) electrons. The minimum absolute atomic E-state index is 0.516. The van der Waals surface area contributed by atoms with E-state index in [1.165, 1.54) is 5.56 Å². The first-order chi connectivity index (χ1) is 12.2. The molecule has 1 atom stereocenters. The molecule has 4 rings (SSSR count). The molecule has 0 spiro atoms. The average molecular weight is 342 g/mol. The number of imidazole rings is 1. The topological polar surface area (TPSA) is 42.8 Å². The zero-order valence-corrected chi connectivity index (χ0v) is 15.0. The summed E-state index contributed by atoms with van der Waals surface area (Å²) in [4.78, 5) is 9.49. The van der Waals surface area contributed by atoms with E-state index < -0.39 is 0 Å². The molecule has 0 aliphatic carbocycles. The van der Waals surface area contributed by atoms with E-state index in [-0.39, 0.29) is 0 Å². The standard InChI is InChI=1S/C19H26N4O2/c1-15-12-22(7-8-23(15)14-19-20-5-6-21(19)2)13-16-3-4-17-18(11-16)25-10-9-24-17/h3-6,11,15H,7-10,12-14H2,1-2H3. The fourth-order valence-electron chi connectivity index (χ4n) is 3.62. The molecule has 0 amide bonds. The number of aryl methyl sites for hydroxylation is 1. The van der Waals surface area contributed by atoms with Crippen LogP contribution in [0.3, 0.4) is 0 Å². The second kappa shape index (κ2) is 7.06. The normalized spacial score (nSPS) is 21.4. The van der Waals surface area contributed by atoms with E-state index in [1.807, 2.05) is 18.5 Å². The number of rotatable bonds is 4. The van der Waals surface area contributed by atoms with Crippen molar-refractivity contribution in [1.82, 2.24) is 19.4 Å². The number of fused-ring (bicyclic) bond motifs is 1. The Bertz CT molecular complexity index is 730. The zero-order chi connectivity index (χ0) is 17.2. The van der Waals surface area contributed by atoms with Crippen molar-refractivity contribution < 1.29 is 9.47 Å². The molecular weight excluding hydrogens is 316 g/mol. The highest BCUT2D eigenvalue weighted by molar-refractivity contribution is 5.43. The summed E-state index contributed by atoms with van der Waals surface area (Å²) in [5.74, 6) is 2.88. The van der Waals surface area contributed by atoms with E-state index in [0.29, 0.717) is 19.3 Å². The van der Waals surface area contributed by atoms with Crippen molar-refractivity contribution in [2.24, 2.45) is 7.05 Å². The van der Waals surface area contributed by atoms with Crippen molar-refractivity contribution in [2.45, 2.75) is 26.1 Å². The molecular formula is C19H26N4O2. The van der Waals surface area contributed by atoms with Gasteiger partial charge in [-0.1, -0.05) is 6.07 Å². The molecule has 0 N–H and O–H groups in total. The van der Waals surface area contributed by atoms with Gasteiger partial charge in [-0.05, 0) is 24.6 Å². The van der Waals surface area contributed by atoms with Gasteiger partial charge in [0.1, 0.15) is 19.0 Å². The lowest BCUT2D eigenvalue weighted by atomic mass is 10.1. The third-order valence-corrected chi connectivity index (χ3v) is 5.13. The van der Waals surface area contributed by atoms with E-state index in [1.54, 1.807) is 0 Å². The molecule has 134 valence electrons. The second-order valence-corrected chi connectivity index (χ2v) is 6.99. The summed E-state index contributed by atoms with van der Waals surface area (Å²) in [5.41, 5.74) is 1.29. The van der Waals surface area contributed by atoms with Gasteiger partial charge in [0.05, 0.1) is 6.54 Å². The molecule has 6 heteroatoms. The lowest BCUT2D eigenvalue weighted by Crippen LogP contribution is -2.51. The van der Waals surface area contributed by atoms with E-state index in [2.05, 4.69) is 45.5 Å². The smallest absolute Gasteiger partial charge is 0.161 e. The highest BCUT2D eigenvalue weighted by Crippen LogP contribution is 2.31. The molecule has 1 aromatic heterocycles. The van der Waals surface area contributed by atoms with Crippen molar-refractivity contribution in [3.8, 4) is 11.5 Å². The summed E-state index contributed by atoms with van der Waals surface area (Å²) in [5, 5.41) is 0. The third-order valence-electron chi connectivity index (χ3n) is 5.13. The van der Waals surface area contributed by atoms with E-state index in [0.717, 1.165) is 50.0 Å². The maximum Gasteiger partial charge on any atom is 0.161 e. The van der Waals surface area contributed by atoms with Crippen LogP contribution in [0.25, 0.3) is 0 Å². The Hall–Kier alpha value is -2.05. The lowest BCUT2D eigenvalue weighted by Gasteiger charge is -2.39. The molecule has 2 aliphatic rings. The Morgan fingerprint density at radius 1 is 1.12 bits per heavy atom. The van der Waals surface area contributed by atoms with Gasteiger partial charge in [0.2, 0.25) is 0 Å². The third kappa shape index (κ3) is 3.65. The van der Waals surface area contributed by atoms with Crippen LogP contribution in [0.4, 0.5) is 0 Å². The van der Waals surface area contributed by atoms with Crippen molar-refractivity contribution in [3.63, 3.8) is 0 Å². The van der Waals surface area contributed by atoms with Crippen LogP contribution in [0, 0.1) is 0 Å². The highest BCUT2D eigenvalue weighted by atomic mass is 16.6. The fraction of sp³-hybridized carbons (Fsp3) is 0.526. The Kier molecular flexibility index (Phi) is 4.63. The SMILES string of the molecule is CC1CN(Cc2ccc3c(c2)OCCO3)CCN1Cc1nccn1C. The van der Waals surface area contributed by atoms with Crippen LogP contribution in [-0.4, -0.2) is 58.2 Å². The number of hydrogen-bond acceptors (Lipinski definition) is 5. The quantitative estimate of drug-likeness (QED) is 0.849. The van der Waals surface area contributed by atoms with Gasteiger partial charge in [0.15, 0.2) is 11.5 Å². The summed E-state index contributed by atoms with van der Waals surface area (Å²) in [7, 11) is 2.06. The molecule has 1 fully saturated rings. The minimum atomic E-state index is 0.516. The monoisotopic (exact) mass is 342 g/mol. The molecule has 25 heavy (non-hydrogen) atoms. The molecule has 3 heterocycles. The van der Waals surface area contributed by atoms with Gasteiger partial charge in [-0.25, -0.2) is 4.98 Å². The minimum Gasteiger partial charge on any atom is -0.486 e. The second-order valence-electron chi connectivity index (χ2n) is 6.99. The van der Waals surface area contributed by atoms with Crippen LogP contribution >= 0.6 is 0 Å². The van der Waals surface area contributed by atoms with Gasteiger partial charge in [-0.3, -0.25) is 9.80 Å². The lowest BCUT2D eigenvalue weighted by molar-refractivity contribution is 0.0706. The zero-order valence-electron chi connectivity index (χ0n) is 15.0. The number of aromatic nitrogens is 2.